The highest BCUT2D eigenvalue weighted by Crippen LogP contribution is 2.30. The molecule has 2 aliphatic heterocycles. The summed E-state index contributed by atoms with van der Waals surface area (Å²) in [6, 6.07) is 8.56. The Morgan fingerprint density at radius 1 is 0.704 bits per heavy atom. The summed E-state index contributed by atoms with van der Waals surface area (Å²) < 4.78 is 0. The Hall–Kier alpha value is -2.96. The van der Waals surface area contributed by atoms with Crippen molar-refractivity contribution in [3.05, 3.63) is 43.1 Å². The SMILES string of the molecule is c1cc(N2CCN(c3ccc4ncnc(N5CCCC5)c4c3)CC2)ncn1. The largest absolute Gasteiger partial charge is 0.368 e. The summed E-state index contributed by atoms with van der Waals surface area (Å²) in [5, 5.41) is 1.16. The lowest BCUT2D eigenvalue weighted by atomic mass is 10.1. The zero-order chi connectivity index (χ0) is 18.1. The van der Waals surface area contributed by atoms with Gasteiger partial charge in [0.2, 0.25) is 0 Å². The molecule has 0 atom stereocenters. The number of rotatable bonds is 3. The van der Waals surface area contributed by atoms with Gasteiger partial charge in [-0.2, -0.15) is 0 Å². The monoisotopic (exact) mass is 361 g/mol. The predicted octanol–water partition coefficient (Wildman–Crippen LogP) is 2.35. The van der Waals surface area contributed by atoms with E-state index < -0.39 is 0 Å². The van der Waals surface area contributed by atoms with E-state index in [0.717, 1.165) is 61.8 Å². The van der Waals surface area contributed by atoms with Gasteiger partial charge < -0.3 is 14.7 Å². The van der Waals surface area contributed by atoms with Crippen molar-refractivity contribution in [3.63, 3.8) is 0 Å². The normalized spacial score (nSPS) is 17.7. The van der Waals surface area contributed by atoms with Crippen molar-refractivity contribution in [2.75, 3.05) is 54.0 Å². The number of piperazine rings is 1. The Kier molecular flexibility index (Phi) is 4.20. The second-order valence-electron chi connectivity index (χ2n) is 7.13. The summed E-state index contributed by atoms with van der Waals surface area (Å²) >= 11 is 0. The molecule has 0 amide bonds. The van der Waals surface area contributed by atoms with E-state index in [1.807, 2.05) is 6.07 Å². The number of hydrogen-bond donors (Lipinski definition) is 0. The molecule has 3 aromatic rings. The summed E-state index contributed by atoms with van der Waals surface area (Å²) in [7, 11) is 0. The van der Waals surface area contributed by atoms with Gasteiger partial charge in [0.25, 0.3) is 0 Å². The first-order valence-corrected chi connectivity index (χ1v) is 9.64. The highest BCUT2D eigenvalue weighted by atomic mass is 15.3. The van der Waals surface area contributed by atoms with Crippen molar-refractivity contribution in [1.82, 2.24) is 19.9 Å². The van der Waals surface area contributed by atoms with Crippen molar-refractivity contribution >= 4 is 28.2 Å². The molecule has 0 saturated carbocycles. The van der Waals surface area contributed by atoms with E-state index in [4.69, 9.17) is 0 Å². The van der Waals surface area contributed by atoms with Gasteiger partial charge in [-0.25, -0.2) is 19.9 Å². The summed E-state index contributed by atoms with van der Waals surface area (Å²) in [4.78, 5) is 24.6. The number of aromatic nitrogens is 4. The number of anilines is 3. The van der Waals surface area contributed by atoms with Crippen LogP contribution in [0.2, 0.25) is 0 Å². The maximum absolute atomic E-state index is 4.60. The molecule has 138 valence electrons. The van der Waals surface area contributed by atoms with Gasteiger partial charge in [0.15, 0.2) is 0 Å². The van der Waals surface area contributed by atoms with Crippen molar-refractivity contribution < 1.29 is 0 Å². The molecular formula is C20H23N7. The highest BCUT2D eigenvalue weighted by molar-refractivity contribution is 5.92. The molecule has 0 spiro atoms. The van der Waals surface area contributed by atoms with Gasteiger partial charge in [-0.1, -0.05) is 0 Å². The van der Waals surface area contributed by atoms with Gasteiger partial charge in [0.1, 0.15) is 24.3 Å². The molecule has 2 fully saturated rings. The van der Waals surface area contributed by atoms with Crippen LogP contribution in [0.25, 0.3) is 10.9 Å². The summed E-state index contributed by atoms with van der Waals surface area (Å²) in [5.41, 5.74) is 2.27. The van der Waals surface area contributed by atoms with E-state index >= 15 is 0 Å². The van der Waals surface area contributed by atoms with Gasteiger partial charge in [-0.05, 0) is 37.1 Å². The third kappa shape index (κ3) is 3.13. The van der Waals surface area contributed by atoms with Crippen molar-refractivity contribution in [2.45, 2.75) is 12.8 Å². The minimum atomic E-state index is 0.958. The molecule has 7 nitrogen and oxygen atoms in total. The topological polar surface area (TPSA) is 61.3 Å². The molecule has 2 aliphatic rings. The summed E-state index contributed by atoms with van der Waals surface area (Å²) in [6.07, 6.45) is 7.60. The van der Waals surface area contributed by atoms with Gasteiger partial charge in [-0.15, -0.1) is 0 Å². The van der Waals surface area contributed by atoms with Crippen LogP contribution < -0.4 is 14.7 Å². The standard InChI is InChI=1S/C20H23N7/c1-2-8-27(7-1)20-17-13-16(3-4-18(17)22-15-24-20)25-9-11-26(12-10-25)19-5-6-21-14-23-19/h3-6,13-15H,1-2,7-12H2. The minimum Gasteiger partial charge on any atom is -0.368 e. The maximum atomic E-state index is 4.60. The van der Waals surface area contributed by atoms with Crippen LogP contribution in [0.4, 0.5) is 17.3 Å². The molecule has 1 aromatic carbocycles. The van der Waals surface area contributed by atoms with Gasteiger partial charge in [0.05, 0.1) is 5.52 Å². The first-order chi connectivity index (χ1) is 13.4. The fourth-order valence-electron chi connectivity index (χ4n) is 4.07. The predicted molar refractivity (Wildman–Crippen MR) is 107 cm³/mol. The van der Waals surface area contributed by atoms with Crippen molar-refractivity contribution in [1.29, 1.82) is 0 Å². The third-order valence-electron chi connectivity index (χ3n) is 5.54. The van der Waals surface area contributed by atoms with E-state index in [1.165, 1.54) is 18.5 Å². The van der Waals surface area contributed by atoms with Crippen LogP contribution in [-0.4, -0.2) is 59.2 Å². The summed E-state index contributed by atoms with van der Waals surface area (Å²) in [6.45, 7) is 6.05. The molecule has 0 N–H and O–H groups in total. The average molecular weight is 361 g/mol. The number of nitrogens with zero attached hydrogens (tertiary/aromatic N) is 7. The molecule has 0 unspecified atom stereocenters. The zero-order valence-corrected chi connectivity index (χ0v) is 15.3. The molecule has 7 heteroatoms. The van der Waals surface area contributed by atoms with Crippen LogP contribution in [0.3, 0.4) is 0 Å². The molecule has 2 aromatic heterocycles. The molecule has 4 heterocycles. The molecule has 27 heavy (non-hydrogen) atoms. The van der Waals surface area contributed by atoms with Crippen LogP contribution in [0, 0.1) is 0 Å². The Morgan fingerprint density at radius 3 is 2.30 bits per heavy atom. The Bertz CT molecular complexity index is 916. The van der Waals surface area contributed by atoms with Crippen molar-refractivity contribution in [2.24, 2.45) is 0 Å². The fraction of sp³-hybridized carbons (Fsp3) is 0.400. The Balaban J connectivity index is 1.38. The van der Waals surface area contributed by atoms with E-state index in [2.05, 4.69) is 52.8 Å². The van der Waals surface area contributed by atoms with E-state index in [9.17, 15) is 0 Å². The minimum absolute atomic E-state index is 0.958. The third-order valence-corrected chi connectivity index (χ3v) is 5.54. The van der Waals surface area contributed by atoms with Gasteiger partial charge in [0, 0.05) is 56.5 Å². The quantitative estimate of drug-likeness (QED) is 0.709. The molecule has 0 radical (unpaired) electrons. The van der Waals surface area contributed by atoms with Crippen LogP contribution in [0.1, 0.15) is 12.8 Å². The average Bonchev–Trinajstić information content (AvgIpc) is 3.28. The molecule has 5 rings (SSSR count). The smallest absolute Gasteiger partial charge is 0.139 e. The molecule has 2 saturated heterocycles. The molecular weight excluding hydrogens is 338 g/mol. The van der Waals surface area contributed by atoms with E-state index in [0.29, 0.717) is 0 Å². The van der Waals surface area contributed by atoms with Crippen LogP contribution in [0.5, 0.6) is 0 Å². The molecule has 0 aliphatic carbocycles. The number of fused-ring (bicyclic) bond motifs is 1. The Labute approximate surface area is 158 Å². The lowest BCUT2D eigenvalue weighted by Gasteiger charge is -2.36. The first-order valence-electron chi connectivity index (χ1n) is 9.64. The lowest BCUT2D eigenvalue weighted by Crippen LogP contribution is -2.46. The number of hydrogen-bond acceptors (Lipinski definition) is 7. The Morgan fingerprint density at radius 2 is 1.52 bits per heavy atom. The van der Waals surface area contributed by atoms with Gasteiger partial charge >= 0.3 is 0 Å². The van der Waals surface area contributed by atoms with E-state index in [-0.39, 0.29) is 0 Å². The maximum Gasteiger partial charge on any atom is 0.139 e. The van der Waals surface area contributed by atoms with Gasteiger partial charge in [-0.3, -0.25) is 0 Å². The van der Waals surface area contributed by atoms with Crippen molar-refractivity contribution in [3.8, 4) is 0 Å². The van der Waals surface area contributed by atoms with Crippen LogP contribution in [-0.2, 0) is 0 Å². The van der Waals surface area contributed by atoms with Crippen LogP contribution >= 0.6 is 0 Å². The molecule has 0 bridgehead atoms. The van der Waals surface area contributed by atoms with Crippen LogP contribution in [0.15, 0.2) is 43.1 Å². The first kappa shape index (κ1) is 16.2. The lowest BCUT2D eigenvalue weighted by molar-refractivity contribution is 0.647. The fourth-order valence-corrected chi connectivity index (χ4v) is 4.07. The zero-order valence-electron chi connectivity index (χ0n) is 15.3. The van der Waals surface area contributed by atoms with E-state index in [1.54, 1.807) is 18.9 Å². The second kappa shape index (κ2) is 6.98. The second-order valence-corrected chi connectivity index (χ2v) is 7.13. The summed E-state index contributed by atoms with van der Waals surface area (Å²) in [5.74, 6) is 2.09. The number of benzene rings is 1. The highest BCUT2D eigenvalue weighted by Gasteiger charge is 2.20.